The molecule has 2 amide bonds. The van der Waals surface area contributed by atoms with Crippen LogP contribution in [0.25, 0.3) is 0 Å². The van der Waals surface area contributed by atoms with E-state index in [1.165, 1.54) is 0 Å². The zero-order valence-electron chi connectivity index (χ0n) is 14.7. The minimum Gasteiger partial charge on any atom is -0.482 e. The topological polar surface area (TPSA) is 95.9 Å². The number of nitrogens with zero attached hydrogens (tertiary/aromatic N) is 1. The Morgan fingerprint density at radius 2 is 1.85 bits per heavy atom. The molecule has 0 bridgehead atoms. The number of carboxylic acids is 1. The quantitative estimate of drug-likeness (QED) is 0.731. The van der Waals surface area contributed by atoms with E-state index in [2.05, 4.69) is 5.32 Å². The van der Waals surface area contributed by atoms with Gasteiger partial charge in [-0.3, -0.25) is 14.4 Å². The molecule has 1 aliphatic heterocycles. The van der Waals surface area contributed by atoms with E-state index in [0.29, 0.717) is 30.8 Å². The van der Waals surface area contributed by atoms with Gasteiger partial charge >= 0.3 is 5.97 Å². The van der Waals surface area contributed by atoms with Crippen LogP contribution in [0.5, 0.6) is 5.75 Å². The molecule has 2 aromatic rings. The maximum absolute atomic E-state index is 12.2. The second kappa shape index (κ2) is 8.35. The fraction of sp³-hybridized carbons (Fsp3) is 0.250. The van der Waals surface area contributed by atoms with Crippen LogP contribution in [0.3, 0.4) is 0 Å². The molecule has 2 aromatic carbocycles. The smallest absolute Gasteiger partial charge is 0.303 e. The van der Waals surface area contributed by atoms with E-state index in [4.69, 9.17) is 9.84 Å². The predicted molar refractivity (Wildman–Crippen MR) is 98.8 cm³/mol. The minimum absolute atomic E-state index is 0.00778. The third kappa shape index (κ3) is 4.63. The molecule has 0 aromatic heterocycles. The lowest BCUT2D eigenvalue weighted by Crippen LogP contribution is -2.38. The predicted octanol–water partition coefficient (Wildman–Crippen LogP) is 2.21. The fourth-order valence-corrected chi connectivity index (χ4v) is 2.82. The molecule has 27 heavy (non-hydrogen) atoms. The highest BCUT2D eigenvalue weighted by atomic mass is 16.5. The van der Waals surface area contributed by atoms with Gasteiger partial charge in [0.2, 0.25) is 0 Å². The molecule has 1 aliphatic rings. The van der Waals surface area contributed by atoms with Crippen LogP contribution < -0.4 is 15.0 Å². The average molecular weight is 368 g/mol. The summed E-state index contributed by atoms with van der Waals surface area (Å²) < 4.78 is 5.43. The molecule has 2 N–H and O–H groups in total. The lowest BCUT2D eigenvalue weighted by molar-refractivity contribution is -0.137. The van der Waals surface area contributed by atoms with Crippen LogP contribution in [0.1, 0.15) is 28.8 Å². The van der Waals surface area contributed by atoms with Gasteiger partial charge in [0.1, 0.15) is 5.75 Å². The van der Waals surface area contributed by atoms with E-state index < -0.39 is 5.97 Å². The molecular formula is C20H20N2O5. The average Bonchev–Trinajstić information content (AvgIpc) is 2.67. The number of rotatable bonds is 7. The van der Waals surface area contributed by atoms with Crippen molar-refractivity contribution in [1.82, 2.24) is 5.32 Å². The van der Waals surface area contributed by atoms with E-state index in [1.807, 2.05) is 24.3 Å². The molecule has 0 aliphatic carbocycles. The molecule has 0 atom stereocenters. The first kappa shape index (κ1) is 18.4. The number of ether oxygens (including phenoxy) is 1. The van der Waals surface area contributed by atoms with E-state index in [9.17, 15) is 14.4 Å². The summed E-state index contributed by atoms with van der Waals surface area (Å²) in [5, 5.41) is 11.3. The van der Waals surface area contributed by atoms with Gasteiger partial charge in [0, 0.05) is 18.5 Å². The molecule has 0 fully saturated rings. The SMILES string of the molecule is O=C(O)CCCNC(=O)c1ccc(CN2C(=O)COc3ccccc32)cc1. The van der Waals surface area contributed by atoms with Crippen molar-refractivity contribution >= 4 is 23.5 Å². The molecule has 1 heterocycles. The van der Waals surface area contributed by atoms with Gasteiger partial charge in [0.05, 0.1) is 12.2 Å². The summed E-state index contributed by atoms with van der Waals surface area (Å²) in [6.07, 6.45) is 0.409. The highest BCUT2D eigenvalue weighted by Crippen LogP contribution is 2.32. The summed E-state index contributed by atoms with van der Waals surface area (Å²) in [7, 11) is 0. The number of benzene rings is 2. The molecule has 0 saturated heterocycles. The zero-order chi connectivity index (χ0) is 19.2. The Morgan fingerprint density at radius 3 is 2.59 bits per heavy atom. The van der Waals surface area contributed by atoms with Crippen LogP contribution >= 0.6 is 0 Å². The largest absolute Gasteiger partial charge is 0.482 e. The van der Waals surface area contributed by atoms with Crippen LogP contribution in [0, 0.1) is 0 Å². The van der Waals surface area contributed by atoms with Crippen LogP contribution in [0.2, 0.25) is 0 Å². The third-order valence-electron chi connectivity index (χ3n) is 4.22. The number of carboxylic acid groups (broad SMARTS) is 1. The lowest BCUT2D eigenvalue weighted by atomic mass is 10.1. The normalized spacial score (nSPS) is 12.9. The molecule has 3 rings (SSSR count). The van der Waals surface area contributed by atoms with Crippen LogP contribution in [-0.4, -0.2) is 36.0 Å². The van der Waals surface area contributed by atoms with Crippen molar-refractivity contribution in [2.45, 2.75) is 19.4 Å². The summed E-state index contributed by atoms with van der Waals surface area (Å²) >= 11 is 0. The minimum atomic E-state index is -0.882. The number of carbonyl (C=O) groups excluding carboxylic acids is 2. The standard InChI is InChI=1S/C20H20N2O5/c23-18-13-27-17-5-2-1-4-16(17)22(18)12-14-7-9-15(10-8-14)20(26)21-11-3-6-19(24)25/h1-2,4-5,7-10H,3,6,11-13H2,(H,21,26)(H,24,25). The Hall–Kier alpha value is -3.35. The van der Waals surface area contributed by atoms with E-state index in [0.717, 1.165) is 11.3 Å². The number of amides is 2. The summed E-state index contributed by atoms with van der Waals surface area (Å²) in [4.78, 5) is 36.4. The van der Waals surface area contributed by atoms with Crippen molar-refractivity contribution in [3.63, 3.8) is 0 Å². The summed E-state index contributed by atoms with van der Waals surface area (Å²) in [6, 6.07) is 14.4. The van der Waals surface area contributed by atoms with Crippen molar-refractivity contribution in [3.05, 3.63) is 59.7 Å². The third-order valence-corrected chi connectivity index (χ3v) is 4.22. The van der Waals surface area contributed by atoms with Crippen LogP contribution in [-0.2, 0) is 16.1 Å². The first-order chi connectivity index (χ1) is 13.0. The highest BCUT2D eigenvalue weighted by Gasteiger charge is 2.25. The van der Waals surface area contributed by atoms with Gasteiger partial charge in [-0.2, -0.15) is 0 Å². The van der Waals surface area contributed by atoms with Crippen molar-refractivity contribution in [3.8, 4) is 5.75 Å². The number of fused-ring (bicyclic) bond motifs is 1. The number of anilines is 1. The van der Waals surface area contributed by atoms with Gasteiger partial charge in [-0.15, -0.1) is 0 Å². The number of hydrogen-bond donors (Lipinski definition) is 2. The second-order valence-electron chi connectivity index (χ2n) is 6.19. The second-order valence-corrected chi connectivity index (χ2v) is 6.19. The van der Waals surface area contributed by atoms with Gasteiger partial charge in [-0.1, -0.05) is 24.3 Å². The molecule has 0 unspecified atom stereocenters. The maximum atomic E-state index is 12.2. The molecule has 140 valence electrons. The Bertz CT molecular complexity index is 848. The monoisotopic (exact) mass is 368 g/mol. The summed E-state index contributed by atoms with van der Waals surface area (Å²) in [6.45, 7) is 0.708. The number of aliphatic carboxylic acids is 1. The fourth-order valence-electron chi connectivity index (χ4n) is 2.82. The van der Waals surface area contributed by atoms with Crippen molar-refractivity contribution < 1.29 is 24.2 Å². The molecule has 7 nitrogen and oxygen atoms in total. The Labute approximate surface area is 156 Å². The van der Waals surface area contributed by atoms with Gasteiger partial charge in [-0.25, -0.2) is 0 Å². The Morgan fingerprint density at radius 1 is 1.11 bits per heavy atom. The zero-order valence-corrected chi connectivity index (χ0v) is 14.7. The van der Waals surface area contributed by atoms with Crippen molar-refractivity contribution in [1.29, 1.82) is 0 Å². The summed E-state index contributed by atoms with van der Waals surface area (Å²) in [5.41, 5.74) is 2.11. The molecule has 0 radical (unpaired) electrons. The molecule has 0 spiro atoms. The molecule has 0 saturated carbocycles. The first-order valence-electron chi connectivity index (χ1n) is 8.66. The van der Waals surface area contributed by atoms with Crippen LogP contribution in [0.15, 0.2) is 48.5 Å². The molecular weight excluding hydrogens is 348 g/mol. The van der Waals surface area contributed by atoms with Crippen molar-refractivity contribution in [2.24, 2.45) is 0 Å². The Balaban J connectivity index is 1.62. The van der Waals surface area contributed by atoms with Gasteiger partial charge < -0.3 is 20.1 Å². The number of para-hydroxylation sites is 2. The van der Waals surface area contributed by atoms with Gasteiger partial charge in [0.15, 0.2) is 6.61 Å². The maximum Gasteiger partial charge on any atom is 0.303 e. The number of nitrogens with one attached hydrogen (secondary N) is 1. The number of hydrogen-bond acceptors (Lipinski definition) is 4. The highest BCUT2D eigenvalue weighted by molar-refractivity contribution is 5.98. The summed E-state index contributed by atoms with van der Waals surface area (Å²) in [5.74, 6) is -0.573. The van der Waals surface area contributed by atoms with E-state index in [1.54, 1.807) is 29.2 Å². The Kier molecular flexibility index (Phi) is 5.71. The molecule has 7 heteroatoms. The van der Waals surface area contributed by atoms with Crippen molar-refractivity contribution in [2.75, 3.05) is 18.1 Å². The lowest BCUT2D eigenvalue weighted by Gasteiger charge is -2.29. The van der Waals surface area contributed by atoms with Gasteiger partial charge in [-0.05, 0) is 36.2 Å². The van der Waals surface area contributed by atoms with E-state index >= 15 is 0 Å². The first-order valence-corrected chi connectivity index (χ1v) is 8.66. The van der Waals surface area contributed by atoms with Gasteiger partial charge in [0.25, 0.3) is 11.8 Å². The van der Waals surface area contributed by atoms with E-state index in [-0.39, 0.29) is 24.8 Å². The van der Waals surface area contributed by atoms with Crippen LogP contribution in [0.4, 0.5) is 5.69 Å². The number of carbonyl (C=O) groups is 3.